The van der Waals surface area contributed by atoms with E-state index in [2.05, 4.69) is 32.7 Å². The number of carbonyl (C=O) groups is 1. The molecule has 0 radical (unpaired) electrons. The van der Waals surface area contributed by atoms with E-state index in [0.717, 1.165) is 45.6 Å². The van der Waals surface area contributed by atoms with Crippen LogP contribution in [0.2, 0.25) is 0 Å². The first-order valence-corrected chi connectivity index (χ1v) is 9.90. The van der Waals surface area contributed by atoms with Crippen LogP contribution in [0.1, 0.15) is 28.7 Å². The van der Waals surface area contributed by atoms with Gasteiger partial charge in [-0.1, -0.05) is 30.0 Å². The summed E-state index contributed by atoms with van der Waals surface area (Å²) in [5.74, 6) is 0.380. The topological polar surface area (TPSA) is 65.6 Å². The second-order valence-corrected chi connectivity index (χ2v) is 7.53. The van der Waals surface area contributed by atoms with E-state index < -0.39 is 0 Å². The third kappa shape index (κ3) is 2.92. The largest absolute Gasteiger partial charge is 0.351 e. The van der Waals surface area contributed by atoms with Crippen molar-refractivity contribution in [3.63, 3.8) is 0 Å². The Morgan fingerprint density at radius 2 is 1.96 bits per heavy atom. The number of thioether (sulfide) groups is 1. The molecule has 0 unspecified atom stereocenters. The number of carbonyl (C=O) groups excluding carboxylic acids is 1. The van der Waals surface area contributed by atoms with Crippen LogP contribution in [-0.2, 0) is 13.6 Å². The molecule has 1 aromatic carbocycles. The molecule has 0 aliphatic heterocycles. The molecule has 3 aromatic heterocycles. The lowest BCUT2D eigenvalue weighted by molar-refractivity contribution is 0.102. The molecule has 0 fully saturated rings. The molecule has 0 aliphatic carbocycles. The lowest BCUT2D eigenvalue weighted by Gasteiger charge is -2.03. The van der Waals surface area contributed by atoms with E-state index in [4.69, 9.17) is 0 Å². The number of hydrogen-bond donors (Lipinski definition) is 0. The average Bonchev–Trinajstić information content (AvgIpc) is 3.14. The van der Waals surface area contributed by atoms with Crippen molar-refractivity contribution >= 4 is 39.6 Å². The van der Waals surface area contributed by atoms with Gasteiger partial charge in [-0.3, -0.25) is 4.79 Å². The van der Waals surface area contributed by atoms with Crippen LogP contribution in [0, 0.1) is 13.8 Å². The zero-order valence-electron chi connectivity index (χ0n) is 15.9. The van der Waals surface area contributed by atoms with E-state index in [1.807, 2.05) is 49.7 Å². The summed E-state index contributed by atoms with van der Waals surface area (Å²) in [4.78, 5) is 17.3. The molecule has 0 saturated heterocycles. The normalized spacial score (nSPS) is 11.6. The summed E-state index contributed by atoms with van der Waals surface area (Å²) in [6.45, 7) is 6.86. The zero-order valence-corrected chi connectivity index (χ0v) is 16.7. The Balaban J connectivity index is 1.64. The molecule has 138 valence electrons. The molecular formula is C20H21N5OS. The fraction of sp³-hybridized carbons (Fsp3) is 0.300. The molecule has 0 spiro atoms. The molecule has 0 N–H and O–H groups in total. The van der Waals surface area contributed by atoms with Crippen molar-refractivity contribution in [2.45, 2.75) is 32.5 Å². The Labute approximate surface area is 161 Å². The molecule has 7 heteroatoms. The molecule has 0 bridgehead atoms. The minimum absolute atomic E-state index is 0.0842. The minimum Gasteiger partial charge on any atom is -0.351 e. The molecule has 4 aromatic rings. The van der Waals surface area contributed by atoms with E-state index in [9.17, 15) is 4.79 Å². The standard InChI is InChI=1S/C20H21N5OS/c1-5-25-16-9-7-6-8-14(16)18-19(25)21-20(23-22-18)27-11-17(26)15-10-12(2)24(4)13(15)3/h6-10H,5,11H2,1-4H3. The quantitative estimate of drug-likeness (QED) is 0.388. The van der Waals surface area contributed by atoms with Gasteiger partial charge in [0.1, 0.15) is 5.52 Å². The Morgan fingerprint density at radius 3 is 2.67 bits per heavy atom. The second kappa shape index (κ2) is 6.81. The van der Waals surface area contributed by atoms with Crippen molar-refractivity contribution in [2.24, 2.45) is 7.05 Å². The van der Waals surface area contributed by atoms with E-state index in [1.54, 1.807) is 0 Å². The monoisotopic (exact) mass is 379 g/mol. The minimum atomic E-state index is 0.0842. The van der Waals surface area contributed by atoms with Crippen LogP contribution in [0.15, 0.2) is 35.5 Å². The predicted molar refractivity (Wildman–Crippen MR) is 108 cm³/mol. The number of aromatic nitrogens is 5. The van der Waals surface area contributed by atoms with Gasteiger partial charge in [0.05, 0.1) is 11.3 Å². The second-order valence-electron chi connectivity index (χ2n) is 6.58. The van der Waals surface area contributed by atoms with Gasteiger partial charge >= 0.3 is 0 Å². The van der Waals surface area contributed by atoms with E-state index in [1.165, 1.54) is 11.8 Å². The van der Waals surface area contributed by atoms with Gasteiger partial charge in [-0.05, 0) is 32.9 Å². The third-order valence-electron chi connectivity index (χ3n) is 5.08. The third-order valence-corrected chi connectivity index (χ3v) is 5.92. The van der Waals surface area contributed by atoms with E-state index in [0.29, 0.717) is 10.9 Å². The van der Waals surface area contributed by atoms with Gasteiger partial charge < -0.3 is 9.13 Å². The first-order valence-electron chi connectivity index (χ1n) is 8.91. The van der Waals surface area contributed by atoms with Crippen molar-refractivity contribution in [1.82, 2.24) is 24.3 Å². The highest BCUT2D eigenvalue weighted by Gasteiger charge is 2.17. The smallest absolute Gasteiger partial charge is 0.211 e. The van der Waals surface area contributed by atoms with Crippen molar-refractivity contribution in [3.8, 4) is 0 Å². The molecule has 27 heavy (non-hydrogen) atoms. The number of ketones is 1. The van der Waals surface area contributed by atoms with E-state index >= 15 is 0 Å². The summed E-state index contributed by atoms with van der Waals surface area (Å²) in [5.41, 5.74) is 5.55. The molecule has 4 rings (SSSR count). The average molecular weight is 379 g/mol. The zero-order chi connectivity index (χ0) is 19.1. The summed E-state index contributed by atoms with van der Waals surface area (Å²) in [6, 6.07) is 10.1. The van der Waals surface area contributed by atoms with E-state index in [-0.39, 0.29) is 5.78 Å². The number of Topliss-reactive ketones (excluding diaryl/α,β-unsaturated/α-hetero) is 1. The SMILES string of the molecule is CCn1c2ccccc2c2nnc(SCC(=O)c3cc(C)n(C)c3C)nc21. The highest BCUT2D eigenvalue weighted by atomic mass is 32.2. The number of aryl methyl sites for hydroxylation is 2. The molecule has 0 atom stereocenters. The summed E-state index contributed by atoms with van der Waals surface area (Å²) >= 11 is 1.33. The van der Waals surface area contributed by atoms with Gasteiger partial charge in [-0.25, -0.2) is 4.98 Å². The fourth-order valence-electron chi connectivity index (χ4n) is 3.42. The van der Waals surface area contributed by atoms with Crippen LogP contribution >= 0.6 is 11.8 Å². The maximum atomic E-state index is 12.6. The lowest BCUT2D eigenvalue weighted by Crippen LogP contribution is -2.06. The molecule has 6 nitrogen and oxygen atoms in total. The maximum Gasteiger partial charge on any atom is 0.211 e. The van der Waals surface area contributed by atoms with Gasteiger partial charge in [0.15, 0.2) is 11.4 Å². The van der Waals surface area contributed by atoms with Crippen molar-refractivity contribution in [3.05, 3.63) is 47.3 Å². The molecule has 3 heterocycles. The number of para-hydroxylation sites is 1. The molecule has 0 amide bonds. The fourth-order valence-corrected chi connectivity index (χ4v) is 4.08. The van der Waals surface area contributed by atoms with Gasteiger partial charge in [-0.15, -0.1) is 10.2 Å². The highest BCUT2D eigenvalue weighted by Crippen LogP contribution is 2.27. The van der Waals surface area contributed by atoms with Crippen molar-refractivity contribution in [2.75, 3.05) is 5.75 Å². The van der Waals surface area contributed by atoms with Crippen LogP contribution in [0.3, 0.4) is 0 Å². The van der Waals surface area contributed by atoms with Crippen LogP contribution in [-0.4, -0.2) is 35.9 Å². The first-order chi connectivity index (χ1) is 13.0. The molecule has 0 aliphatic rings. The van der Waals surface area contributed by atoms with Crippen LogP contribution in [0.5, 0.6) is 0 Å². The summed E-state index contributed by atoms with van der Waals surface area (Å²) in [6.07, 6.45) is 0. The summed E-state index contributed by atoms with van der Waals surface area (Å²) in [5, 5.41) is 10.2. The van der Waals surface area contributed by atoms with Crippen LogP contribution in [0.4, 0.5) is 0 Å². The van der Waals surface area contributed by atoms with Crippen molar-refractivity contribution < 1.29 is 4.79 Å². The first kappa shape index (κ1) is 17.7. The molecule has 0 saturated carbocycles. The van der Waals surface area contributed by atoms with Crippen molar-refractivity contribution in [1.29, 1.82) is 0 Å². The van der Waals surface area contributed by atoms with Crippen LogP contribution < -0.4 is 0 Å². The lowest BCUT2D eigenvalue weighted by atomic mass is 10.2. The number of nitrogens with zero attached hydrogens (tertiary/aromatic N) is 5. The summed E-state index contributed by atoms with van der Waals surface area (Å²) in [7, 11) is 1.97. The molecular weight excluding hydrogens is 358 g/mol. The van der Waals surface area contributed by atoms with Crippen LogP contribution in [0.25, 0.3) is 22.1 Å². The number of benzene rings is 1. The van der Waals surface area contributed by atoms with Gasteiger partial charge in [-0.2, -0.15) is 0 Å². The predicted octanol–water partition coefficient (Wildman–Crippen LogP) is 3.93. The Hall–Kier alpha value is -2.67. The van der Waals surface area contributed by atoms with Gasteiger partial charge in [0.2, 0.25) is 5.16 Å². The Kier molecular flexibility index (Phi) is 4.47. The van der Waals surface area contributed by atoms with Gasteiger partial charge in [0.25, 0.3) is 0 Å². The number of fused-ring (bicyclic) bond motifs is 3. The maximum absolute atomic E-state index is 12.6. The number of hydrogen-bond acceptors (Lipinski definition) is 5. The Bertz CT molecular complexity index is 1170. The highest BCUT2D eigenvalue weighted by molar-refractivity contribution is 7.99. The van der Waals surface area contributed by atoms with Gasteiger partial charge in [0, 0.05) is 35.9 Å². The Morgan fingerprint density at radius 1 is 1.19 bits per heavy atom. The summed E-state index contributed by atoms with van der Waals surface area (Å²) < 4.78 is 4.16. The number of rotatable bonds is 5.